The van der Waals surface area contributed by atoms with Crippen molar-refractivity contribution in [1.29, 1.82) is 0 Å². The molecule has 7 heteroatoms. The molecule has 1 aromatic heterocycles. The molecule has 2 aromatic carbocycles. The second-order valence-electron chi connectivity index (χ2n) is 6.98. The third-order valence-corrected chi connectivity index (χ3v) is 5.41. The van der Waals surface area contributed by atoms with Crippen molar-refractivity contribution in [3.63, 3.8) is 0 Å². The largest absolute Gasteiger partial charge is 0.352 e. The van der Waals surface area contributed by atoms with Crippen molar-refractivity contribution in [2.45, 2.75) is 6.92 Å². The number of hydrogen-bond acceptors (Lipinski definition) is 4. The van der Waals surface area contributed by atoms with E-state index in [0.717, 1.165) is 28.3 Å². The number of hydrogen-bond donors (Lipinski definition) is 1. The lowest BCUT2D eigenvalue weighted by molar-refractivity contribution is 0.208. The molecule has 0 radical (unpaired) electrons. The number of anilines is 2. The lowest BCUT2D eigenvalue weighted by Gasteiger charge is -2.35. The van der Waals surface area contributed by atoms with Crippen molar-refractivity contribution >= 4 is 29.1 Å². The minimum absolute atomic E-state index is 0.0703. The number of aromatic nitrogens is 2. The number of amides is 2. The van der Waals surface area contributed by atoms with Crippen LogP contribution < -0.4 is 10.2 Å². The van der Waals surface area contributed by atoms with Crippen LogP contribution in [0.5, 0.6) is 0 Å². The van der Waals surface area contributed by atoms with Crippen molar-refractivity contribution in [3.05, 3.63) is 71.2 Å². The van der Waals surface area contributed by atoms with Gasteiger partial charge in [-0.1, -0.05) is 48.0 Å². The number of piperazine rings is 1. The monoisotopic (exact) mass is 407 g/mol. The number of rotatable bonds is 3. The van der Waals surface area contributed by atoms with Crippen molar-refractivity contribution < 1.29 is 4.79 Å². The van der Waals surface area contributed by atoms with Gasteiger partial charge in [-0.25, -0.2) is 4.79 Å². The molecule has 148 valence electrons. The number of halogens is 1. The molecule has 1 aliphatic heterocycles. The van der Waals surface area contributed by atoms with E-state index in [1.165, 1.54) is 0 Å². The molecular weight excluding hydrogens is 386 g/mol. The van der Waals surface area contributed by atoms with E-state index >= 15 is 0 Å². The topological polar surface area (TPSA) is 61.4 Å². The average molecular weight is 408 g/mol. The van der Waals surface area contributed by atoms with E-state index in [1.54, 1.807) is 0 Å². The number of carbonyl (C=O) groups is 1. The first kappa shape index (κ1) is 19.2. The van der Waals surface area contributed by atoms with Crippen molar-refractivity contribution in [2.24, 2.45) is 0 Å². The van der Waals surface area contributed by atoms with E-state index < -0.39 is 0 Å². The Hall–Kier alpha value is -3.12. The summed E-state index contributed by atoms with van der Waals surface area (Å²) in [6, 6.07) is 19.2. The normalized spacial score (nSPS) is 14.0. The summed E-state index contributed by atoms with van der Waals surface area (Å²) in [5.41, 5.74) is 3.51. The van der Waals surface area contributed by atoms with Gasteiger partial charge in [0.25, 0.3) is 0 Å². The maximum Gasteiger partial charge on any atom is 0.321 e. The Bertz CT molecular complexity index is 1000. The summed E-state index contributed by atoms with van der Waals surface area (Å²) < 4.78 is 0. The fourth-order valence-corrected chi connectivity index (χ4v) is 3.59. The second kappa shape index (κ2) is 8.49. The number of urea groups is 1. The fraction of sp³-hybridized carbons (Fsp3) is 0.227. The van der Waals surface area contributed by atoms with Gasteiger partial charge in [-0.15, -0.1) is 10.2 Å². The molecule has 1 N–H and O–H groups in total. The SMILES string of the molecule is Cc1ccccc1NC(=O)N1CCN(c2ccc(-c3ccccc3Cl)nn2)CC1. The molecule has 0 saturated carbocycles. The zero-order valence-electron chi connectivity index (χ0n) is 16.2. The summed E-state index contributed by atoms with van der Waals surface area (Å²) >= 11 is 6.24. The average Bonchev–Trinajstić information content (AvgIpc) is 2.76. The molecule has 0 bridgehead atoms. The number of nitrogens with one attached hydrogen (secondary N) is 1. The van der Waals surface area contributed by atoms with E-state index in [2.05, 4.69) is 20.4 Å². The van der Waals surface area contributed by atoms with Crippen LogP contribution in [0.3, 0.4) is 0 Å². The van der Waals surface area contributed by atoms with E-state index in [-0.39, 0.29) is 6.03 Å². The van der Waals surface area contributed by atoms with Crippen LogP contribution >= 0.6 is 11.6 Å². The molecule has 0 atom stereocenters. The lowest BCUT2D eigenvalue weighted by Crippen LogP contribution is -2.50. The standard InChI is InChI=1S/C22H22ClN5O/c1-16-6-2-5-9-19(16)24-22(29)28-14-12-27(13-15-28)21-11-10-20(25-26-21)17-7-3-4-8-18(17)23/h2-11H,12-15H2,1H3,(H,24,29). The summed E-state index contributed by atoms with van der Waals surface area (Å²) in [7, 11) is 0. The van der Waals surface area contributed by atoms with Crippen LogP contribution in [0.15, 0.2) is 60.7 Å². The number of nitrogens with zero attached hydrogens (tertiary/aromatic N) is 4. The molecule has 1 saturated heterocycles. The van der Waals surface area contributed by atoms with Crippen molar-refractivity contribution in [1.82, 2.24) is 15.1 Å². The Morgan fingerprint density at radius 1 is 0.931 bits per heavy atom. The van der Waals surface area contributed by atoms with Gasteiger partial charge in [0.05, 0.1) is 10.7 Å². The summed E-state index contributed by atoms with van der Waals surface area (Å²) in [5, 5.41) is 12.4. The minimum Gasteiger partial charge on any atom is -0.352 e. The molecule has 3 aromatic rings. The van der Waals surface area contributed by atoms with Crippen LogP contribution in [0.1, 0.15) is 5.56 Å². The first-order valence-corrected chi connectivity index (χ1v) is 9.95. The van der Waals surface area contributed by atoms with Crippen LogP contribution in [0.2, 0.25) is 5.02 Å². The maximum absolute atomic E-state index is 12.6. The number of para-hydroxylation sites is 1. The van der Waals surface area contributed by atoms with Crippen LogP contribution in [0.4, 0.5) is 16.3 Å². The Balaban J connectivity index is 1.36. The lowest BCUT2D eigenvalue weighted by atomic mass is 10.1. The molecule has 2 heterocycles. The quantitative estimate of drug-likeness (QED) is 0.696. The molecule has 29 heavy (non-hydrogen) atoms. The molecule has 2 amide bonds. The van der Waals surface area contributed by atoms with E-state index in [9.17, 15) is 4.79 Å². The second-order valence-corrected chi connectivity index (χ2v) is 7.38. The third kappa shape index (κ3) is 4.32. The van der Waals surface area contributed by atoms with Gasteiger partial charge < -0.3 is 15.1 Å². The molecule has 1 fully saturated rings. The predicted octanol–water partition coefficient (Wildman–Crippen LogP) is 4.46. The smallest absolute Gasteiger partial charge is 0.321 e. The summed E-state index contributed by atoms with van der Waals surface area (Å²) in [6.07, 6.45) is 0. The van der Waals surface area contributed by atoms with Crippen LogP contribution in [0.25, 0.3) is 11.3 Å². The molecule has 0 aliphatic carbocycles. The molecule has 1 aliphatic rings. The highest BCUT2D eigenvalue weighted by atomic mass is 35.5. The summed E-state index contributed by atoms with van der Waals surface area (Å²) in [5.74, 6) is 0.805. The van der Waals surface area contributed by atoms with Gasteiger partial charge in [-0.3, -0.25) is 0 Å². The molecule has 4 rings (SSSR count). The van der Waals surface area contributed by atoms with Gasteiger partial charge in [0.2, 0.25) is 0 Å². The third-order valence-electron chi connectivity index (χ3n) is 5.08. The van der Waals surface area contributed by atoms with Gasteiger partial charge in [0.15, 0.2) is 5.82 Å². The van der Waals surface area contributed by atoms with E-state index in [1.807, 2.05) is 72.5 Å². The van der Waals surface area contributed by atoms with Crippen LogP contribution in [-0.2, 0) is 0 Å². The van der Waals surface area contributed by atoms with Gasteiger partial charge in [0.1, 0.15) is 0 Å². The molecule has 0 spiro atoms. The first-order valence-electron chi connectivity index (χ1n) is 9.57. The maximum atomic E-state index is 12.6. The summed E-state index contributed by atoms with van der Waals surface area (Å²) in [4.78, 5) is 16.5. The van der Waals surface area contributed by atoms with Gasteiger partial charge in [-0.2, -0.15) is 0 Å². The van der Waals surface area contributed by atoms with Gasteiger partial charge >= 0.3 is 6.03 Å². The highest BCUT2D eigenvalue weighted by Crippen LogP contribution is 2.26. The molecule has 0 unspecified atom stereocenters. The van der Waals surface area contributed by atoms with Crippen molar-refractivity contribution in [3.8, 4) is 11.3 Å². The van der Waals surface area contributed by atoms with Gasteiger partial charge in [0, 0.05) is 37.4 Å². The Morgan fingerprint density at radius 3 is 2.34 bits per heavy atom. The van der Waals surface area contributed by atoms with Crippen molar-refractivity contribution in [2.75, 3.05) is 36.4 Å². The first-order chi connectivity index (χ1) is 14.1. The predicted molar refractivity (Wildman–Crippen MR) is 116 cm³/mol. The zero-order chi connectivity index (χ0) is 20.2. The highest BCUT2D eigenvalue weighted by molar-refractivity contribution is 6.33. The Morgan fingerprint density at radius 2 is 1.66 bits per heavy atom. The summed E-state index contributed by atoms with van der Waals surface area (Å²) in [6.45, 7) is 4.67. The number of carbonyl (C=O) groups excluding carboxylic acids is 1. The minimum atomic E-state index is -0.0703. The molecule has 6 nitrogen and oxygen atoms in total. The van der Waals surface area contributed by atoms with Crippen LogP contribution in [0, 0.1) is 6.92 Å². The highest BCUT2D eigenvalue weighted by Gasteiger charge is 2.22. The van der Waals surface area contributed by atoms with E-state index in [0.29, 0.717) is 31.2 Å². The zero-order valence-corrected chi connectivity index (χ0v) is 16.9. The number of aryl methyl sites for hydroxylation is 1. The fourth-order valence-electron chi connectivity index (χ4n) is 3.35. The Labute approximate surface area is 175 Å². The molecular formula is C22H22ClN5O. The number of benzene rings is 2. The Kier molecular flexibility index (Phi) is 5.62. The van der Waals surface area contributed by atoms with E-state index in [4.69, 9.17) is 11.6 Å². The van der Waals surface area contributed by atoms with Crippen LogP contribution in [-0.4, -0.2) is 47.3 Å². The van der Waals surface area contributed by atoms with Gasteiger partial charge in [-0.05, 0) is 36.8 Å².